The van der Waals surface area contributed by atoms with Crippen LogP contribution in [0, 0.1) is 0 Å². The number of para-hydroxylation sites is 1. The maximum absolute atomic E-state index is 12.4. The van der Waals surface area contributed by atoms with Gasteiger partial charge < -0.3 is 15.0 Å². The molecule has 0 bridgehead atoms. The number of nitrogens with zero attached hydrogens (tertiary/aromatic N) is 3. The number of imide groups is 1. The Balaban J connectivity index is 1.28. The molecule has 3 N–H and O–H groups in total. The second-order valence-electron chi connectivity index (χ2n) is 7.90. The van der Waals surface area contributed by atoms with Crippen molar-refractivity contribution in [3.63, 3.8) is 0 Å². The van der Waals surface area contributed by atoms with Gasteiger partial charge in [-0.15, -0.1) is 21.5 Å². The summed E-state index contributed by atoms with van der Waals surface area (Å²) in [7, 11) is 0. The molecule has 0 radical (unpaired) electrons. The van der Waals surface area contributed by atoms with E-state index in [4.69, 9.17) is 4.74 Å². The van der Waals surface area contributed by atoms with E-state index in [2.05, 4.69) is 25.8 Å². The topological polar surface area (TPSA) is 114 Å². The van der Waals surface area contributed by atoms with E-state index in [0.29, 0.717) is 18.2 Å². The Morgan fingerprint density at radius 3 is 2.97 bits per heavy atom. The Morgan fingerprint density at radius 1 is 1.24 bits per heavy atom. The molecular weight excluding hydrogens is 472 g/mol. The summed E-state index contributed by atoms with van der Waals surface area (Å²) in [4.78, 5) is 28.7. The van der Waals surface area contributed by atoms with Gasteiger partial charge in [-0.2, -0.15) is 0 Å². The van der Waals surface area contributed by atoms with Crippen molar-refractivity contribution in [3.05, 3.63) is 52.9 Å². The summed E-state index contributed by atoms with van der Waals surface area (Å²) < 4.78 is 7.87. The zero-order chi connectivity index (χ0) is 23.3. The second-order valence-corrected chi connectivity index (χ2v) is 9.87. The fourth-order valence-corrected chi connectivity index (χ4v) is 5.32. The van der Waals surface area contributed by atoms with Crippen LogP contribution >= 0.6 is 23.1 Å². The average Bonchev–Trinajstić information content (AvgIpc) is 3.64. The van der Waals surface area contributed by atoms with E-state index in [1.54, 1.807) is 11.3 Å². The SMILES string of the molecule is O=C(CSc1nnc(-c2c[nH]c3ccccc23)n1CC1CCCO1)NC(=O)NCc1cccs1. The molecule has 1 aliphatic heterocycles. The Labute approximate surface area is 204 Å². The predicted octanol–water partition coefficient (Wildman–Crippen LogP) is 3.79. The van der Waals surface area contributed by atoms with Gasteiger partial charge in [0.25, 0.3) is 0 Å². The minimum Gasteiger partial charge on any atom is -0.376 e. The van der Waals surface area contributed by atoms with Gasteiger partial charge in [-0.1, -0.05) is 36.0 Å². The number of hydrogen-bond acceptors (Lipinski definition) is 7. The number of nitrogens with one attached hydrogen (secondary N) is 3. The molecule has 11 heteroatoms. The molecule has 1 saturated heterocycles. The number of carbonyl (C=O) groups excluding carboxylic acids is 2. The van der Waals surface area contributed by atoms with Gasteiger partial charge in [-0.25, -0.2) is 4.79 Å². The van der Waals surface area contributed by atoms with Crippen LogP contribution in [0.1, 0.15) is 17.7 Å². The van der Waals surface area contributed by atoms with Crippen LogP contribution in [-0.4, -0.2) is 50.2 Å². The highest BCUT2D eigenvalue weighted by Crippen LogP contribution is 2.31. The van der Waals surface area contributed by atoms with Gasteiger partial charge in [0.05, 0.1) is 24.9 Å². The summed E-state index contributed by atoms with van der Waals surface area (Å²) in [6.45, 7) is 1.74. The van der Waals surface area contributed by atoms with Crippen LogP contribution in [0.5, 0.6) is 0 Å². The molecule has 0 spiro atoms. The number of benzene rings is 1. The number of urea groups is 1. The second kappa shape index (κ2) is 10.4. The molecule has 34 heavy (non-hydrogen) atoms. The monoisotopic (exact) mass is 496 g/mol. The first-order valence-electron chi connectivity index (χ1n) is 11.0. The Hall–Kier alpha value is -3.15. The number of fused-ring (bicyclic) bond motifs is 1. The van der Waals surface area contributed by atoms with Crippen molar-refractivity contribution in [1.29, 1.82) is 0 Å². The van der Waals surface area contributed by atoms with E-state index in [1.165, 1.54) is 11.8 Å². The maximum atomic E-state index is 12.4. The van der Waals surface area contributed by atoms with Crippen LogP contribution in [0.3, 0.4) is 0 Å². The highest BCUT2D eigenvalue weighted by atomic mass is 32.2. The summed E-state index contributed by atoms with van der Waals surface area (Å²) in [5.74, 6) is 0.378. The molecule has 1 aromatic carbocycles. The lowest BCUT2D eigenvalue weighted by molar-refractivity contribution is -0.117. The first kappa shape index (κ1) is 22.6. The number of H-pyrrole nitrogens is 1. The molecule has 3 amide bonds. The Morgan fingerprint density at radius 2 is 2.15 bits per heavy atom. The van der Waals surface area contributed by atoms with Gasteiger partial charge in [0.15, 0.2) is 11.0 Å². The number of rotatable bonds is 8. The van der Waals surface area contributed by atoms with Crippen molar-refractivity contribution in [1.82, 2.24) is 30.4 Å². The van der Waals surface area contributed by atoms with Crippen molar-refractivity contribution in [2.24, 2.45) is 0 Å². The maximum Gasteiger partial charge on any atom is 0.321 e. The van der Waals surface area contributed by atoms with Crippen molar-refractivity contribution in [3.8, 4) is 11.4 Å². The summed E-state index contributed by atoms with van der Waals surface area (Å²) in [5, 5.41) is 17.5. The van der Waals surface area contributed by atoms with Crippen LogP contribution in [0.25, 0.3) is 22.3 Å². The van der Waals surface area contributed by atoms with Crippen LogP contribution in [-0.2, 0) is 22.6 Å². The fraction of sp³-hybridized carbons (Fsp3) is 0.304. The zero-order valence-electron chi connectivity index (χ0n) is 18.3. The highest BCUT2D eigenvalue weighted by Gasteiger charge is 2.23. The fourth-order valence-electron chi connectivity index (χ4n) is 3.93. The molecule has 0 saturated carbocycles. The minimum atomic E-state index is -0.515. The number of aromatic amines is 1. The lowest BCUT2D eigenvalue weighted by Gasteiger charge is -2.14. The minimum absolute atomic E-state index is 0.0456. The van der Waals surface area contributed by atoms with Gasteiger partial charge in [-0.3, -0.25) is 14.7 Å². The molecule has 4 aromatic rings. The Kier molecular flexibility index (Phi) is 6.93. The third kappa shape index (κ3) is 5.16. The first-order chi connectivity index (χ1) is 16.7. The molecule has 4 heterocycles. The number of ether oxygens (including phenoxy) is 1. The van der Waals surface area contributed by atoms with E-state index in [-0.39, 0.29) is 11.9 Å². The summed E-state index contributed by atoms with van der Waals surface area (Å²) in [5.41, 5.74) is 1.97. The summed E-state index contributed by atoms with van der Waals surface area (Å²) in [6, 6.07) is 11.4. The van der Waals surface area contributed by atoms with Crippen LogP contribution < -0.4 is 10.6 Å². The normalized spacial score (nSPS) is 15.6. The van der Waals surface area contributed by atoms with Crippen LogP contribution in [0.2, 0.25) is 0 Å². The average molecular weight is 497 g/mol. The number of aromatic nitrogens is 4. The molecule has 5 rings (SSSR count). The van der Waals surface area contributed by atoms with Gasteiger partial charge in [0.1, 0.15) is 0 Å². The molecule has 9 nitrogen and oxygen atoms in total. The molecule has 3 aromatic heterocycles. The number of carbonyl (C=O) groups is 2. The van der Waals surface area contributed by atoms with Crippen LogP contribution in [0.15, 0.2) is 53.1 Å². The van der Waals surface area contributed by atoms with Gasteiger partial charge in [-0.05, 0) is 30.4 Å². The largest absolute Gasteiger partial charge is 0.376 e. The predicted molar refractivity (Wildman–Crippen MR) is 132 cm³/mol. The number of thioether (sulfide) groups is 1. The van der Waals surface area contributed by atoms with Crippen molar-refractivity contribution in [2.75, 3.05) is 12.4 Å². The summed E-state index contributed by atoms with van der Waals surface area (Å²) in [6.07, 6.45) is 4.01. The lowest BCUT2D eigenvalue weighted by atomic mass is 10.1. The van der Waals surface area contributed by atoms with Crippen LogP contribution in [0.4, 0.5) is 4.79 Å². The molecule has 1 atom stereocenters. The smallest absolute Gasteiger partial charge is 0.321 e. The van der Waals surface area contributed by atoms with Crippen molar-refractivity contribution >= 4 is 45.9 Å². The van der Waals surface area contributed by atoms with E-state index >= 15 is 0 Å². The quantitative estimate of drug-likeness (QED) is 0.320. The molecule has 1 aliphatic rings. The third-order valence-corrected chi connectivity index (χ3v) is 7.39. The van der Waals surface area contributed by atoms with E-state index < -0.39 is 11.9 Å². The lowest BCUT2D eigenvalue weighted by Crippen LogP contribution is -2.39. The van der Waals surface area contributed by atoms with E-state index in [9.17, 15) is 9.59 Å². The zero-order valence-corrected chi connectivity index (χ0v) is 20.0. The van der Waals surface area contributed by atoms with E-state index in [0.717, 1.165) is 46.6 Å². The van der Waals surface area contributed by atoms with Gasteiger partial charge in [0, 0.05) is 34.1 Å². The molecule has 1 fully saturated rings. The number of amides is 3. The first-order valence-corrected chi connectivity index (χ1v) is 12.9. The number of hydrogen-bond donors (Lipinski definition) is 3. The van der Waals surface area contributed by atoms with Gasteiger partial charge in [0.2, 0.25) is 5.91 Å². The van der Waals surface area contributed by atoms with Crippen molar-refractivity contribution < 1.29 is 14.3 Å². The Bertz CT molecular complexity index is 1280. The highest BCUT2D eigenvalue weighted by molar-refractivity contribution is 7.99. The summed E-state index contributed by atoms with van der Waals surface area (Å²) >= 11 is 2.80. The molecule has 1 unspecified atom stereocenters. The van der Waals surface area contributed by atoms with Gasteiger partial charge >= 0.3 is 6.03 Å². The molecule has 0 aliphatic carbocycles. The third-order valence-electron chi connectivity index (χ3n) is 5.55. The number of thiophene rings is 1. The van der Waals surface area contributed by atoms with Crippen molar-refractivity contribution in [2.45, 2.75) is 37.2 Å². The molecular formula is C23H24N6O3S2. The standard InChI is InChI=1S/C23H24N6O3S2/c30-20(26-22(31)25-11-16-6-4-10-33-16)14-34-23-28-27-21(29(23)13-15-5-3-9-32-15)18-12-24-19-8-2-1-7-17(18)19/h1-2,4,6-8,10,12,15,24H,3,5,9,11,13-14H2,(H2,25,26,30,31). The van der Waals surface area contributed by atoms with E-state index in [1.807, 2.05) is 52.5 Å². The molecule has 176 valence electrons.